The van der Waals surface area contributed by atoms with Gasteiger partial charge in [0.05, 0.1) is 6.10 Å². The standard InChI is InChI=1S/C14H19FO2/c1-4-14(3)12(16)8-13(14)17-10-6-5-9(2)11(15)7-10/h5-7,12-13,16H,4,8H2,1-3H3. The highest BCUT2D eigenvalue weighted by molar-refractivity contribution is 5.28. The van der Waals surface area contributed by atoms with Crippen molar-refractivity contribution in [3.8, 4) is 5.75 Å². The van der Waals surface area contributed by atoms with Crippen molar-refractivity contribution in [2.75, 3.05) is 0 Å². The zero-order valence-electron chi connectivity index (χ0n) is 10.5. The van der Waals surface area contributed by atoms with Crippen molar-refractivity contribution in [2.24, 2.45) is 5.41 Å². The fourth-order valence-corrected chi connectivity index (χ4v) is 2.25. The minimum absolute atomic E-state index is 0.0235. The third kappa shape index (κ3) is 2.04. The van der Waals surface area contributed by atoms with Crippen LogP contribution in [0.15, 0.2) is 18.2 Å². The van der Waals surface area contributed by atoms with Gasteiger partial charge in [0.25, 0.3) is 0 Å². The average Bonchev–Trinajstić information content (AvgIpc) is 2.32. The van der Waals surface area contributed by atoms with E-state index in [0.29, 0.717) is 17.7 Å². The van der Waals surface area contributed by atoms with Gasteiger partial charge >= 0.3 is 0 Å². The normalized spacial score (nSPS) is 32.1. The van der Waals surface area contributed by atoms with Gasteiger partial charge in [-0.1, -0.05) is 19.9 Å². The Balaban J connectivity index is 2.09. The van der Waals surface area contributed by atoms with Crippen LogP contribution in [-0.2, 0) is 0 Å². The number of halogens is 1. The molecule has 3 heteroatoms. The van der Waals surface area contributed by atoms with E-state index in [9.17, 15) is 9.50 Å². The molecule has 1 fully saturated rings. The van der Waals surface area contributed by atoms with Crippen LogP contribution in [0.3, 0.4) is 0 Å². The number of rotatable bonds is 3. The molecule has 2 rings (SSSR count). The maximum Gasteiger partial charge on any atom is 0.129 e. The molecule has 1 aromatic rings. The smallest absolute Gasteiger partial charge is 0.129 e. The lowest BCUT2D eigenvalue weighted by atomic mass is 9.63. The molecule has 0 saturated heterocycles. The van der Waals surface area contributed by atoms with E-state index in [1.54, 1.807) is 19.1 Å². The monoisotopic (exact) mass is 238 g/mol. The summed E-state index contributed by atoms with van der Waals surface area (Å²) in [5.41, 5.74) is 0.408. The third-order valence-electron chi connectivity index (χ3n) is 4.12. The second-order valence-electron chi connectivity index (χ2n) is 5.13. The molecule has 1 aliphatic rings. The molecule has 17 heavy (non-hydrogen) atoms. The summed E-state index contributed by atoms with van der Waals surface area (Å²) in [7, 11) is 0. The van der Waals surface area contributed by atoms with Crippen LogP contribution in [0.4, 0.5) is 4.39 Å². The average molecular weight is 238 g/mol. The lowest BCUT2D eigenvalue weighted by Gasteiger charge is -2.50. The molecule has 0 amide bonds. The Hall–Kier alpha value is -1.09. The van der Waals surface area contributed by atoms with E-state index in [-0.39, 0.29) is 23.4 Å². The van der Waals surface area contributed by atoms with Gasteiger partial charge in [-0.25, -0.2) is 4.39 Å². The maximum atomic E-state index is 13.4. The fraction of sp³-hybridized carbons (Fsp3) is 0.571. The maximum absolute atomic E-state index is 13.4. The van der Waals surface area contributed by atoms with Crippen LogP contribution in [0.5, 0.6) is 5.75 Å². The second-order valence-corrected chi connectivity index (χ2v) is 5.13. The van der Waals surface area contributed by atoms with Gasteiger partial charge in [0.2, 0.25) is 0 Å². The number of benzene rings is 1. The van der Waals surface area contributed by atoms with Crippen LogP contribution >= 0.6 is 0 Å². The van der Waals surface area contributed by atoms with Crippen molar-refractivity contribution in [2.45, 2.75) is 45.8 Å². The molecule has 94 valence electrons. The molecule has 0 heterocycles. The molecular weight excluding hydrogens is 219 g/mol. The van der Waals surface area contributed by atoms with Gasteiger partial charge in [0, 0.05) is 17.9 Å². The van der Waals surface area contributed by atoms with E-state index in [0.717, 1.165) is 6.42 Å². The van der Waals surface area contributed by atoms with Crippen molar-refractivity contribution in [3.05, 3.63) is 29.6 Å². The lowest BCUT2D eigenvalue weighted by Crippen LogP contribution is -2.57. The Kier molecular flexibility index (Phi) is 3.13. The number of aliphatic hydroxyl groups is 1. The van der Waals surface area contributed by atoms with Crippen molar-refractivity contribution in [1.82, 2.24) is 0 Å². The minimum Gasteiger partial charge on any atom is -0.490 e. The number of aliphatic hydroxyl groups excluding tert-OH is 1. The molecule has 0 radical (unpaired) electrons. The van der Waals surface area contributed by atoms with E-state index in [1.807, 2.05) is 13.8 Å². The van der Waals surface area contributed by atoms with Gasteiger partial charge in [0.1, 0.15) is 17.7 Å². The topological polar surface area (TPSA) is 29.5 Å². The molecule has 1 aromatic carbocycles. The van der Waals surface area contributed by atoms with Gasteiger partial charge in [-0.05, 0) is 25.0 Å². The highest BCUT2D eigenvalue weighted by atomic mass is 19.1. The Labute approximate surface area is 101 Å². The summed E-state index contributed by atoms with van der Waals surface area (Å²) < 4.78 is 19.1. The van der Waals surface area contributed by atoms with Crippen LogP contribution < -0.4 is 4.74 Å². The first-order chi connectivity index (χ1) is 7.97. The molecule has 1 aliphatic carbocycles. The quantitative estimate of drug-likeness (QED) is 0.877. The first kappa shape index (κ1) is 12.4. The van der Waals surface area contributed by atoms with E-state index < -0.39 is 0 Å². The van der Waals surface area contributed by atoms with E-state index in [4.69, 9.17) is 4.74 Å². The molecule has 2 nitrogen and oxygen atoms in total. The zero-order chi connectivity index (χ0) is 12.6. The zero-order valence-corrected chi connectivity index (χ0v) is 10.5. The summed E-state index contributed by atoms with van der Waals surface area (Å²) in [6.07, 6.45) is 1.14. The summed E-state index contributed by atoms with van der Waals surface area (Å²) in [5.74, 6) is 0.297. The Bertz CT molecular complexity index is 419. The Morgan fingerprint density at radius 2 is 2.24 bits per heavy atom. The van der Waals surface area contributed by atoms with Crippen molar-refractivity contribution in [3.63, 3.8) is 0 Å². The largest absolute Gasteiger partial charge is 0.490 e. The van der Waals surface area contributed by atoms with E-state index in [2.05, 4.69) is 0 Å². The first-order valence-corrected chi connectivity index (χ1v) is 6.08. The lowest BCUT2D eigenvalue weighted by molar-refractivity contribution is -0.147. The second kappa shape index (κ2) is 4.30. The van der Waals surface area contributed by atoms with E-state index >= 15 is 0 Å². The SMILES string of the molecule is CCC1(C)C(O)CC1Oc1ccc(C)c(F)c1. The number of hydrogen-bond donors (Lipinski definition) is 1. The summed E-state index contributed by atoms with van der Waals surface area (Å²) in [4.78, 5) is 0. The van der Waals surface area contributed by atoms with Crippen LogP contribution in [0, 0.1) is 18.2 Å². The summed E-state index contributed by atoms with van der Waals surface area (Å²) in [6, 6.07) is 4.90. The predicted molar refractivity (Wildman–Crippen MR) is 64.6 cm³/mol. The highest BCUT2D eigenvalue weighted by Gasteiger charge is 2.51. The van der Waals surface area contributed by atoms with Crippen LogP contribution in [0.25, 0.3) is 0 Å². The predicted octanol–water partition coefficient (Wildman–Crippen LogP) is 3.06. The molecule has 3 atom stereocenters. The highest BCUT2D eigenvalue weighted by Crippen LogP contribution is 2.45. The van der Waals surface area contributed by atoms with Crippen LogP contribution in [-0.4, -0.2) is 17.3 Å². The number of hydrogen-bond acceptors (Lipinski definition) is 2. The molecule has 0 aromatic heterocycles. The molecule has 0 spiro atoms. The molecule has 0 aliphatic heterocycles. The van der Waals surface area contributed by atoms with Crippen molar-refractivity contribution in [1.29, 1.82) is 0 Å². The van der Waals surface area contributed by atoms with Crippen molar-refractivity contribution < 1.29 is 14.2 Å². The Morgan fingerprint density at radius 3 is 2.76 bits per heavy atom. The van der Waals surface area contributed by atoms with Gasteiger partial charge in [-0.15, -0.1) is 0 Å². The van der Waals surface area contributed by atoms with Crippen LogP contribution in [0.1, 0.15) is 32.3 Å². The molecule has 0 bridgehead atoms. The van der Waals surface area contributed by atoms with Crippen LogP contribution in [0.2, 0.25) is 0 Å². The minimum atomic E-state index is -0.312. The van der Waals surface area contributed by atoms with Crippen molar-refractivity contribution >= 4 is 0 Å². The molecule has 3 unspecified atom stereocenters. The number of ether oxygens (including phenoxy) is 1. The molecule has 1 N–H and O–H groups in total. The summed E-state index contributed by atoms with van der Waals surface area (Å²) >= 11 is 0. The Morgan fingerprint density at radius 1 is 1.53 bits per heavy atom. The molecule has 1 saturated carbocycles. The third-order valence-corrected chi connectivity index (χ3v) is 4.12. The summed E-state index contributed by atoms with van der Waals surface area (Å²) in [5, 5.41) is 9.76. The van der Waals surface area contributed by atoms with Gasteiger partial charge in [-0.3, -0.25) is 0 Å². The van der Waals surface area contributed by atoms with Gasteiger partial charge in [-0.2, -0.15) is 0 Å². The number of aryl methyl sites for hydroxylation is 1. The van der Waals surface area contributed by atoms with E-state index in [1.165, 1.54) is 6.07 Å². The fourth-order valence-electron chi connectivity index (χ4n) is 2.25. The van der Waals surface area contributed by atoms with Gasteiger partial charge in [0.15, 0.2) is 0 Å². The molecular formula is C14H19FO2. The first-order valence-electron chi connectivity index (χ1n) is 6.08. The van der Waals surface area contributed by atoms with Gasteiger partial charge < -0.3 is 9.84 Å². The summed E-state index contributed by atoms with van der Waals surface area (Å²) in [6.45, 7) is 5.77.